The van der Waals surface area contributed by atoms with E-state index in [-0.39, 0.29) is 12.2 Å². The minimum absolute atomic E-state index is 0.0137. The number of hydroxylamine groups is 2. The molecule has 0 N–H and O–H groups in total. The molecule has 24 heavy (non-hydrogen) atoms. The Morgan fingerprint density at radius 3 is 2.12 bits per heavy atom. The molecule has 5 rings (SSSR count). The van der Waals surface area contributed by atoms with Crippen molar-refractivity contribution in [3.63, 3.8) is 0 Å². The fourth-order valence-corrected chi connectivity index (χ4v) is 3.96. The van der Waals surface area contributed by atoms with E-state index < -0.39 is 0 Å². The second-order valence-corrected chi connectivity index (χ2v) is 6.94. The molecule has 0 amide bonds. The van der Waals surface area contributed by atoms with Crippen LogP contribution in [-0.4, -0.2) is 30.4 Å². The molecule has 1 saturated carbocycles. The largest absolute Gasteiger partial charge is 0.365 e. The van der Waals surface area contributed by atoms with Gasteiger partial charge in [0.2, 0.25) is 0 Å². The van der Waals surface area contributed by atoms with Gasteiger partial charge in [-0.1, -0.05) is 60.7 Å². The Balaban J connectivity index is 1.58. The van der Waals surface area contributed by atoms with Gasteiger partial charge in [0.15, 0.2) is 0 Å². The first-order valence-electron chi connectivity index (χ1n) is 8.94. The zero-order chi connectivity index (χ0) is 16.4. The summed E-state index contributed by atoms with van der Waals surface area (Å²) in [7, 11) is 2.06. The molecule has 2 aliphatic heterocycles. The third-order valence-corrected chi connectivity index (χ3v) is 5.25. The molecule has 3 fully saturated rings. The Morgan fingerprint density at radius 2 is 1.54 bits per heavy atom. The van der Waals surface area contributed by atoms with Crippen LogP contribution in [0.15, 0.2) is 60.7 Å². The van der Waals surface area contributed by atoms with Gasteiger partial charge in [-0.05, 0) is 30.4 Å². The van der Waals surface area contributed by atoms with Crippen LogP contribution in [0, 0.1) is 0 Å². The molecule has 2 heterocycles. The van der Waals surface area contributed by atoms with Gasteiger partial charge in [-0.3, -0.25) is 4.84 Å². The smallest absolute Gasteiger partial charge is 0.108 e. The Kier molecular flexibility index (Phi) is 4.65. The molecule has 3 aliphatic rings. The minimum Gasteiger partial charge on any atom is -0.365 e. The molecule has 2 saturated heterocycles. The van der Waals surface area contributed by atoms with Crippen LogP contribution in [0.3, 0.4) is 0 Å². The molecule has 1 aliphatic carbocycles. The molecule has 0 aromatic heterocycles. The Hall–Kier alpha value is -1.68. The molecule has 0 radical (unpaired) electrons. The fraction of sp³-hybridized carbons (Fsp3) is 0.429. The molecule has 3 nitrogen and oxygen atoms in total. The number of fused-ring (bicyclic) bond motifs is 4. The molecule has 2 bridgehead atoms. The van der Waals surface area contributed by atoms with Gasteiger partial charge in [-0.25, -0.2) is 0 Å². The Morgan fingerprint density at radius 1 is 0.917 bits per heavy atom. The normalized spacial score (nSPS) is 27.3. The lowest BCUT2D eigenvalue weighted by Crippen LogP contribution is -2.38. The van der Waals surface area contributed by atoms with Gasteiger partial charge in [0, 0.05) is 19.5 Å². The summed E-state index contributed by atoms with van der Waals surface area (Å²) in [6.07, 6.45) is 4.91. The minimum atomic E-state index is -0.0137. The van der Waals surface area contributed by atoms with Gasteiger partial charge in [0.05, 0.1) is 12.2 Å². The van der Waals surface area contributed by atoms with Crippen LogP contribution in [0.5, 0.6) is 0 Å². The zero-order valence-corrected chi connectivity index (χ0v) is 14.2. The number of hydrogen-bond acceptors (Lipinski definition) is 3. The van der Waals surface area contributed by atoms with Crippen molar-refractivity contribution in [2.75, 3.05) is 7.05 Å². The van der Waals surface area contributed by atoms with Gasteiger partial charge in [-0.15, -0.1) is 0 Å². The van der Waals surface area contributed by atoms with Crippen LogP contribution >= 0.6 is 0 Å². The maximum absolute atomic E-state index is 6.67. The highest BCUT2D eigenvalue weighted by Gasteiger charge is 2.36. The van der Waals surface area contributed by atoms with Crippen LogP contribution in [-0.2, 0) is 9.57 Å². The first-order chi connectivity index (χ1) is 11.8. The standard InChI is InChI=1S/C21H25NO2/c1-22-18-12-13-19(24-22)15-20(14-18)23-21(16-8-4-2-5-9-16)17-10-6-3-7-11-17/h2-11,18-21H,12-15H2,1H3/t18-,19+,20+/m0/s1. The highest BCUT2D eigenvalue weighted by Crippen LogP contribution is 2.36. The van der Waals surface area contributed by atoms with Crippen LogP contribution in [0.1, 0.15) is 42.9 Å². The Labute approximate surface area is 144 Å². The molecule has 3 atom stereocenters. The molecular formula is C21H25NO2. The summed E-state index contributed by atoms with van der Waals surface area (Å²) in [6, 6.07) is 21.6. The SMILES string of the molecule is CN1O[C@@H]2CC[C@H]1C[C@@H](OC(c1ccccc1)c1ccccc1)C2. The van der Waals surface area contributed by atoms with Crippen molar-refractivity contribution in [1.29, 1.82) is 0 Å². The summed E-state index contributed by atoms with van der Waals surface area (Å²) in [5.74, 6) is 0. The molecule has 126 valence electrons. The Bertz CT molecular complexity index is 606. The summed E-state index contributed by atoms with van der Waals surface area (Å²) in [4.78, 5) is 5.99. The molecular weight excluding hydrogens is 298 g/mol. The van der Waals surface area contributed by atoms with E-state index in [1.54, 1.807) is 0 Å². The number of rotatable bonds is 4. The van der Waals surface area contributed by atoms with E-state index >= 15 is 0 Å². The second kappa shape index (κ2) is 7.06. The summed E-state index contributed by atoms with van der Waals surface area (Å²) in [5.41, 5.74) is 2.43. The number of nitrogens with zero attached hydrogens (tertiary/aromatic N) is 1. The molecule has 3 heteroatoms. The highest BCUT2D eigenvalue weighted by atomic mass is 16.7. The third-order valence-electron chi connectivity index (χ3n) is 5.25. The van der Waals surface area contributed by atoms with E-state index in [1.807, 2.05) is 0 Å². The van der Waals surface area contributed by atoms with Gasteiger partial charge >= 0.3 is 0 Å². The van der Waals surface area contributed by atoms with Crippen LogP contribution < -0.4 is 0 Å². The quantitative estimate of drug-likeness (QED) is 0.835. The van der Waals surface area contributed by atoms with Crippen LogP contribution in [0.2, 0.25) is 0 Å². The van der Waals surface area contributed by atoms with E-state index in [2.05, 4.69) is 72.8 Å². The predicted molar refractivity (Wildman–Crippen MR) is 94.5 cm³/mol. The zero-order valence-electron chi connectivity index (χ0n) is 14.2. The molecule has 2 aromatic carbocycles. The van der Waals surface area contributed by atoms with E-state index in [9.17, 15) is 0 Å². The van der Waals surface area contributed by atoms with Gasteiger partial charge < -0.3 is 4.74 Å². The second-order valence-electron chi connectivity index (χ2n) is 6.94. The van der Waals surface area contributed by atoms with Crippen molar-refractivity contribution in [3.05, 3.63) is 71.8 Å². The molecule has 2 aromatic rings. The van der Waals surface area contributed by atoms with E-state index in [0.717, 1.165) is 19.3 Å². The maximum Gasteiger partial charge on any atom is 0.108 e. The van der Waals surface area contributed by atoms with Crippen LogP contribution in [0.25, 0.3) is 0 Å². The first kappa shape index (κ1) is 15.8. The van der Waals surface area contributed by atoms with Crippen molar-refractivity contribution in [2.45, 2.75) is 50.0 Å². The van der Waals surface area contributed by atoms with E-state index in [0.29, 0.717) is 12.1 Å². The first-order valence-corrected chi connectivity index (χ1v) is 8.94. The highest BCUT2D eigenvalue weighted by molar-refractivity contribution is 5.30. The van der Waals surface area contributed by atoms with Crippen molar-refractivity contribution in [1.82, 2.24) is 5.06 Å². The van der Waals surface area contributed by atoms with E-state index in [4.69, 9.17) is 9.57 Å². The van der Waals surface area contributed by atoms with Crippen LogP contribution in [0.4, 0.5) is 0 Å². The van der Waals surface area contributed by atoms with Gasteiger partial charge in [0.25, 0.3) is 0 Å². The lowest BCUT2D eigenvalue weighted by atomic mass is 10.0. The van der Waals surface area contributed by atoms with Gasteiger partial charge in [-0.2, -0.15) is 5.06 Å². The predicted octanol–water partition coefficient (Wildman–Crippen LogP) is 4.35. The lowest BCUT2D eigenvalue weighted by Gasteiger charge is -2.32. The summed E-state index contributed by atoms with van der Waals surface area (Å²) in [5, 5.41) is 2.05. The number of benzene rings is 2. The van der Waals surface area contributed by atoms with Crippen molar-refractivity contribution >= 4 is 0 Å². The van der Waals surface area contributed by atoms with Crippen molar-refractivity contribution in [3.8, 4) is 0 Å². The molecule has 0 unspecified atom stereocenters. The van der Waals surface area contributed by atoms with Gasteiger partial charge in [0.1, 0.15) is 6.10 Å². The summed E-state index contributed by atoms with van der Waals surface area (Å²) < 4.78 is 6.67. The summed E-state index contributed by atoms with van der Waals surface area (Å²) in [6.45, 7) is 0. The fourth-order valence-electron chi connectivity index (χ4n) is 3.96. The molecule has 0 spiro atoms. The number of ether oxygens (including phenoxy) is 1. The third kappa shape index (κ3) is 3.39. The van der Waals surface area contributed by atoms with Crippen molar-refractivity contribution < 1.29 is 9.57 Å². The average molecular weight is 323 g/mol. The van der Waals surface area contributed by atoms with E-state index in [1.165, 1.54) is 17.5 Å². The summed E-state index contributed by atoms with van der Waals surface area (Å²) >= 11 is 0. The average Bonchev–Trinajstić information content (AvgIpc) is 2.91. The monoisotopic (exact) mass is 323 g/mol. The van der Waals surface area contributed by atoms with Crippen molar-refractivity contribution in [2.24, 2.45) is 0 Å². The topological polar surface area (TPSA) is 21.7 Å². The lowest BCUT2D eigenvalue weighted by molar-refractivity contribution is -0.224. The number of hydrogen-bond donors (Lipinski definition) is 0. The maximum atomic E-state index is 6.67.